The molecule has 0 aliphatic carbocycles. The van der Waals surface area contributed by atoms with Gasteiger partial charge in [-0.2, -0.15) is 0 Å². The molecule has 0 saturated carbocycles. The molecule has 1 N–H and O–H groups in total. The molecule has 98 valence electrons. The van der Waals surface area contributed by atoms with Crippen molar-refractivity contribution in [1.29, 1.82) is 0 Å². The van der Waals surface area contributed by atoms with E-state index in [1.54, 1.807) is 25.8 Å². The summed E-state index contributed by atoms with van der Waals surface area (Å²) in [5.41, 5.74) is -1.01. The van der Waals surface area contributed by atoms with Crippen LogP contribution in [0.25, 0.3) is 0 Å². The lowest BCUT2D eigenvalue weighted by molar-refractivity contribution is -0.151. The number of likely N-dealkylation sites (N-methyl/N-ethyl adjacent to an activating group) is 1. The Hall–Kier alpha value is -1.10. The molecule has 1 atom stereocenters. The van der Waals surface area contributed by atoms with Crippen molar-refractivity contribution in [2.75, 3.05) is 20.2 Å². The van der Waals surface area contributed by atoms with Gasteiger partial charge in [-0.05, 0) is 26.7 Å². The molecule has 1 saturated heterocycles. The zero-order valence-electron chi connectivity index (χ0n) is 10.7. The largest absolute Gasteiger partial charge is 0.481 e. The number of carbonyl (C=O) groups is 2. The van der Waals surface area contributed by atoms with Crippen molar-refractivity contribution in [2.24, 2.45) is 5.41 Å². The number of hydrogen-bond donors (Lipinski definition) is 1. The summed E-state index contributed by atoms with van der Waals surface area (Å²) in [5, 5.41) is 8.96. The molecule has 0 aromatic carbocycles. The summed E-state index contributed by atoms with van der Waals surface area (Å²) < 4.78 is 5.44. The number of aliphatic carboxylic acids is 1. The van der Waals surface area contributed by atoms with Crippen molar-refractivity contribution in [3.05, 3.63) is 0 Å². The number of nitrogens with zero attached hydrogens (tertiary/aromatic N) is 1. The van der Waals surface area contributed by atoms with Gasteiger partial charge in [-0.25, -0.2) is 0 Å². The number of carbonyl (C=O) groups excluding carboxylic acids is 1. The lowest BCUT2D eigenvalue weighted by Gasteiger charge is -2.25. The average Bonchev–Trinajstić information content (AvgIpc) is 2.69. The van der Waals surface area contributed by atoms with E-state index in [0.717, 1.165) is 19.4 Å². The van der Waals surface area contributed by atoms with Crippen LogP contribution in [0.5, 0.6) is 0 Å². The van der Waals surface area contributed by atoms with E-state index in [2.05, 4.69) is 0 Å². The maximum atomic E-state index is 11.9. The van der Waals surface area contributed by atoms with Crippen molar-refractivity contribution in [3.63, 3.8) is 0 Å². The SMILES string of the molecule is CN(CC1CCCO1)C(=O)CC(C)(C)C(=O)O. The highest BCUT2D eigenvalue weighted by Gasteiger charge is 2.32. The highest BCUT2D eigenvalue weighted by molar-refractivity contribution is 5.84. The maximum Gasteiger partial charge on any atom is 0.309 e. The summed E-state index contributed by atoms with van der Waals surface area (Å²) in [6.07, 6.45) is 2.13. The second-order valence-electron chi connectivity index (χ2n) is 5.28. The first-order chi connectivity index (χ1) is 7.83. The molecule has 1 fully saturated rings. The Bertz CT molecular complexity index is 295. The lowest BCUT2D eigenvalue weighted by atomic mass is 9.89. The molecule has 1 aliphatic heterocycles. The van der Waals surface area contributed by atoms with Crippen LogP contribution in [0.4, 0.5) is 0 Å². The Labute approximate surface area is 102 Å². The van der Waals surface area contributed by atoms with Gasteiger partial charge in [0, 0.05) is 26.6 Å². The van der Waals surface area contributed by atoms with Gasteiger partial charge in [-0.15, -0.1) is 0 Å². The minimum Gasteiger partial charge on any atom is -0.481 e. The molecule has 1 aliphatic rings. The third-order valence-corrected chi connectivity index (χ3v) is 3.10. The van der Waals surface area contributed by atoms with Crippen LogP contribution in [0.15, 0.2) is 0 Å². The molecule has 5 nitrogen and oxygen atoms in total. The van der Waals surface area contributed by atoms with Crippen LogP contribution < -0.4 is 0 Å². The smallest absolute Gasteiger partial charge is 0.309 e. The van der Waals surface area contributed by atoms with E-state index >= 15 is 0 Å². The Kier molecular flexibility index (Phi) is 4.51. The number of carboxylic acid groups (broad SMARTS) is 1. The van der Waals surface area contributed by atoms with Crippen LogP contribution in [-0.2, 0) is 14.3 Å². The topological polar surface area (TPSA) is 66.8 Å². The van der Waals surface area contributed by atoms with Crippen molar-refractivity contribution >= 4 is 11.9 Å². The number of carboxylic acids is 1. The first-order valence-corrected chi connectivity index (χ1v) is 5.92. The highest BCUT2D eigenvalue weighted by atomic mass is 16.5. The summed E-state index contributed by atoms with van der Waals surface area (Å²) >= 11 is 0. The predicted octanol–water partition coefficient (Wildman–Crippen LogP) is 1.12. The van der Waals surface area contributed by atoms with Crippen LogP contribution in [0.2, 0.25) is 0 Å². The zero-order chi connectivity index (χ0) is 13.1. The summed E-state index contributed by atoms with van der Waals surface area (Å²) in [6, 6.07) is 0. The highest BCUT2D eigenvalue weighted by Crippen LogP contribution is 2.22. The van der Waals surface area contributed by atoms with E-state index in [0.29, 0.717) is 6.54 Å². The summed E-state index contributed by atoms with van der Waals surface area (Å²) in [5.74, 6) is -1.09. The van der Waals surface area contributed by atoms with Crippen LogP contribution >= 0.6 is 0 Å². The molecule has 1 heterocycles. The third kappa shape index (κ3) is 4.00. The zero-order valence-corrected chi connectivity index (χ0v) is 10.7. The molecule has 5 heteroatoms. The monoisotopic (exact) mass is 243 g/mol. The van der Waals surface area contributed by atoms with Gasteiger partial charge >= 0.3 is 5.97 Å². The molecule has 1 unspecified atom stereocenters. The van der Waals surface area contributed by atoms with Crippen LogP contribution in [0, 0.1) is 5.41 Å². The minimum absolute atomic E-state index is 0.0194. The molecule has 0 radical (unpaired) electrons. The van der Waals surface area contributed by atoms with Gasteiger partial charge in [0.1, 0.15) is 0 Å². The molecule has 17 heavy (non-hydrogen) atoms. The quantitative estimate of drug-likeness (QED) is 0.786. The summed E-state index contributed by atoms with van der Waals surface area (Å²) in [7, 11) is 1.70. The fourth-order valence-electron chi connectivity index (χ4n) is 1.78. The Morgan fingerprint density at radius 1 is 1.47 bits per heavy atom. The Morgan fingerprint density at radius 2 is 2.12 bits per heavy atom. The fourth-order valence-corrected chi connectivity index (χ4v) is 1.78. The van der Waals surface area contributed by atoms with Gasteiger partial charge in [0.2, 0.25) is 5.91 Å². The first kappa shape index (κ1) is 14.0. The number of hydrogen-bond acceptors (Lipinski definition) is 3. The van der Waals surface area contributed by atoms with E-state index in [1.807, 2.05) is 0 Å². The van der Waals surface area contributed by atoms with Crippen molar-refractivity contribution in [2.45, 2.75) is 39.2 Å². The first-order valence-electron chi connectivity index (χ1n) is 5.92. The van der Waals surface area contributed by atoms with Crippen LogP contribution in [0.3, 0.4) is 0 Å². The molecule has 0 aromatic rings. The minimum atomic E-state index is -1.01. The number of rotatable bonds is 5. The maximum absolute atomic E-state index is 11.9. The average molecular weight is 243 g/mol. The summed E-state index contributed by atoms with van der Waals surface area (Å²) in [6.45, 7) is 4.43. The van der Waals surface area contributed by atoms with E-state index in [9.17, 15) is 9.59 Å². The second-order valence-corrected chi connectivity index (χ2v) is 5.28. The third-order valence-electron chi connectivity index (χ3n) is 3.10. The second kappa shape index (κ2) is 5.49. The van der Waals surface area contributed by atoms with Crippen LogP contribution in [-0.4, -0.2) is 48.2 Å². The standard InChI is InChI=1S/C12H21NO4/c1-12(2,11(15)16)7-10(14)13(3)8-9-5-4-6-17-9/h9H,4-8H2,1-3H3,(H,15,16). The lowest BCUT2D eigenvalue weighted by Crippen LogP contribution is -2.38. The molecule has 0 bridgehead atoms. The molecular weight excluding hydrogens is 222 g/mol. The predicted molar refractivity (Wildman–Crippen MR) is 62.6 cm³/mol. The van der Waals surface area contributed by atoms with Gasteiger partial charge in [0.05, 0.1) is 11.5 Å². The van der Waals surface area contributed by atoms with Crippen LogP contribution in [0.1, 0.15) is 33.1 Å². The Morgan fingerprint density at radius 3 is 2.59 bits per heavy atom. The van der Waals surface area contributed by atoms with Crippen molar-refractivity contribution in [3.8, 4) is 0 Å². The van der Waals surface area contributed by atoms with E-state index < -0.39 is 11.4 Å². The van der Waals surface area contributed by atoms with Gasteiger partial charge in [-0.3, -0.25) is 9.59 Å². The van der Waals surface area contributed by atoms with E-state index in [4.69, 9.17) is 9.84 Å². The van der Waals surface area contributed by atoms with Gasteiger partial charge in [0.15, 0.2) is 0 Å². The molecule has 1 rings (SSSR count). The summed E-state index contributed by atoms with van der Waals surface area (Å²) in [4.78, 5) is 24.4. The molecule has 0 spiro atoms. The molecule has 0 aromatic heterocycles. The van der Waals surface area contributed by atoms with Crippen molar-refractivity contribution in [1.82, 2.24) is 4.90 Å². The Balaban J connectivity index is 2.43. The van der Waals surface area contributed by atoms with E-state index in [1.165, 1.54) is 0 Å². The van der Waals surface area contributed by atoms with Crippen molar-refractivity contribution < 1.29 is 19.4 Å². The molecular formula is C12H21NO4. The van der Waals surface area contributed by atoms with Gasteiger partial charge < -0.3 is 14.7 Å². The normalized spacial score (nSPS) is 20.3. The van der Waals surface area contributed by atoms with Gasteiger partial charge in [-0.1, -0.05) is 0 Å². The van der Waals surface area contributed by atoms with E-state index in [-0.39, 0.29) is 18.4 Å². The fraction of sp³-hybridized carbons (Fsp3) is 0.833. The molecule has 1 amide bonds. The number of amides is 1. The van der Waals surface area contributed by atoms with Gasteiger partial charge in [0.25, 0.3) is 0 Å². The number of ether oxygens (including phenoxy) is 1.